The van der Waals surface area contributed by atoms with E-state index in [0.29, 0.717) is 0 Å². The molecule has 0 bridgehead atoms. The first-order valence-corrected chi connectivity index (χ1v) is 5.10. The van der Waals surface area contributed by atoms with Gasteiger partial charge in [0.25, 0.3) is 0 Å². The molecule has 0 aromatic heterocycles. The predicted molar refractivity (Wildman–Crippen MR) is 63.7 cm³/mol. The third kappa shape index (κ3) is 4.14. The summed E-state index contributed by atoms with van der Waals surface area (Å²) < 4.78 is 0. The second-order valence-corrected chi connectivity index (χ2v) is 4.19. The number of carbonyl (C=O) groups excluding carboxylic acids is 1. The minimum atomic E-state index is -0.638. The minimum absolute atomic E-state index is 0.210. The molecule has 0 saturated heterocycles. The van der Waals surface area contributed by atoms with Crippen LogP contribution >= 0.6 is 0 Å². The Balaban J connectivity index is 4.87. The predicted octanol–water partition coefficient (Wildman–Crippen LogP) is 2.41. The van der Waals surface area contributed by atoms with Crippen molar-refractivity contribution in [2.45, 2.75) is 40.5 Å². The summed E-state index contributed by atoms with van der Waals surface area (Å²) >= 11 is 0. The number of nitrogens with zero attached hydrogens (tertiary/aromatic N) is 1. The Hall–Kier alpha value is -1.32. The maximum Gasteiger partial charge on any atom is 0.332 e. The first-order chi connectivity index (χ1) is 6.82. The Labute approximate surface area is 91.6 Å². The van der Waals surface area contributed by atoms with Crippen LogP contribution in [0.3, 0.4) is 0 Å². The van der Waals surface area contributed by atoms with Crippen molar-refractivity contribution in [2.24, 2.45) is 16.3 Å². The fourth-order valence-electron chi connectivity index (χ4n) is 1.11. The van der Waals surface area contributed by atoms with Crippen LogP contribution in [0.1, 0.15) is 40.5 Å². The van der Waals surface area contributed by atoms with Gasteiger partial charge in [-0.2, -0.15) is 5.10 Å². The Kier molecular flexibility index (Phi) is 5.05. The minimum Gasteiger partial charge on any atom is -0.350 e. The Morgan fingerprint density at radius 2 is 2.07 bits per heavy atom. The molecule has 0 aliphatic carbocycles. The van der Waals surface area contributed by atoms with Crippen molar-refractivity contribution in [1.82, 2.24) is 5.43 Å². The van der Waals surface area contributed by atoms with Crippen LogP contribution in [0.2, 0.25) is 0 Å². The number of hydrazone groups is 1. The summed E-state index contributed by atoms with van der Waals surface area (Å²) in [6, 6.07) is -0.638. The number of nitrogens with one attached hydrogen (secondary N) is 1. The van der Waals surface area contributed by atoms with Crippen molar-refractivity contribution in [1.29, 1.82) is 0 Å². The number of urea groups is 1. The van der Waals surface area contributed by atoms with E-state index in [-0.39, 0.29) is 5.41 Å². The summed E-state index contributed by atoms with van der Waals surface area (Å²) in [5, 5.41) is 4.04. The van der Waals surface area contributed by atoms with Crippen LogP contribution in [0.25, 0.3) is 0 Å². The molecule has 0 aromatic carbocycles. The van der Waals surface area contributed by atoms with Crippen LogP contribution in [0.5, 0.6) is 0 Å². The average molecular weight is 211 g/mol. The van der Waals surface area contributed by atoms with Crippen molar-refractivity contribution >= 4 is 11.7 Å². The van der Waals surface area contributed by atoms with Gasteiger partial charge in [-0.05, 0) is 13.3 Å². The SMILES string of the molecule is C=C(C)C(C)(C)/C(CCC)=N\NC(N)=O. The summed E-state index contributed by atoms with van der Waals surface area (Å²) in [7, 11) is 0. The molecule has 0 saturated carbocycles. The van der Waals surface area contributed by atoms with Crippen molar-refractivity contribution in [3.8, 4) is 0 Å². The van der Waals surface area contributed by atoms with Gasteiger partial charge in [0.05, 0.1) is 0 Å². The lowest BCUT2D eigenvalue weighted by molar-refractivity contribution is 0.249. The summed E-state index contributed by atoms with van der Waals surface area (Å²) in [5.74, 6) is 0. The molecule has 0 spiro atoms. The molecule has 4 heteroatoms. The van der Waals surface area contributed by atoms with Crippen LogP contribution < -0.4 is 11.2 Å². The lowest BCUT2D eigenvalue weighted by Crippen LogP contribution is -2.31. The third-order valence-electron chi connectivity index (χ3n) is 2.58. The molecular weight excluding hydrogens is 190 g/mol. The molecule has 86 valence electrons. The van der Waals surface area contributed by atoms with Crippen LogP contribution in [0.15, 0.2) is 17.3 Å². The normalized spacial score (nSPS) is 12.4. The van der Waals surface area contributed by atoms with Gasteiger partial charge in [0.1, 0.15) is 0 Å². The highest BCUT2D eigenvalue weighted by Gasteiger charge is 2.25. The number of allylic oxidation sites excluding steroid dienone is 1. The van der Waals surface area contributed by atoms with E-state index in [1.165, 1.54) is 0 Å². The number of hydrogen-bond acceptors (Lipinski definition) is 2. The van der Waals surface area contributed by atoms with Gasteiger partial charge in [-0.25, -0.2) is 10.2 Å². The van der Waals surface area contributed by atoms with E-state index < -0.39 is 6.03 Å². The highest BCUT2D eigenvalue weighted by atomic mass is 16.2. The Bertz CT molecular complexity index is 280. The molecule has 2 amide bonds. The molecule has 3 N–H and O–H groups in total. The molecule has 15 heavy (non-hydrogen) atoms. The maximum atomic E-state index is 10.6. The van der Waals surface area contributed by atoms with E-state index >= 15 is 0 Å². The lowest BCUT2D eigenvalue weighted by Gasteiger charge is -2.27. The highest BCUT2D eigenvalue weighted by Crippen LogP contribution is 2.28. The van der Waals surface area contributed by atoms with Crippen molar-refractivity contribution in [3.05, 3.63) is 12.2 Å². The fraction of sp³-hybridized carbons (Fsp3) is 0.636. The molecule has 0 aliphatic heterocycles. The van der Waals surface area contributed by atoms with Crippen LogP contribution in [-0.2, 0) is 0 Å². The summed E-state index contributed by atoms with van der Waals surface area (Å²) in [6.45, 7) is 12.0. The third-order valence-corrected chi connectivity index (χ3v) is 2.58. The van der Waals surface area contributed by atoms with Crippen molar-refractivity contribution < 1.29 is 4.79 Å². The van der Waals surface area contributed by atoms with E-state index in [9.17, 15) is 4.79 Å². The summed E-state index contributed by atoms with van der Waals surface area (Å²) in [5.41, 5.74) is 8.96. The van der Waals surface area contributed by atoms with Crippen LogP contribution in [-0.4, -0.2) is 11.7 Å². The number of nitrogens with two attached hydrogens (primary N) is 1. The molecule has 0 rings (SSSR count). The maximum absolute atomic E-state index is 10.6. The molecular formula is C11H21N3O. The van der Waals surface area contributed by atoms with Gasteiger partial charge in [-0.15, -0.1) is 0 Å². The zero-order chi connectivity index (χ0) is 12.1. The largest absolute Gasteiger partial charge is 0.350 e. The molecule has 0 unspecified atom stereocenters. The van der Waals surface area contributed by atoms with Crippen LogP contribution in [0.4, 0.5) is 4.79 Å². The van der Waals surface area contributed by atoms with Crippen molar-refractivity contribution in [2.75, 3.05) is 0 Å². The van der Waals surface area contributed by atoms with Gasteiger partial charge in [0.2, 0.25) is 0 Å². The van der Waals surface area contributed by atoms with E-state index in [2.05, 4.69) is 24.0 Å². The topological polar surface area (TPSA) is 67.5 Å². The Morgan fingerprint density at radius 3 is 2.40 bits per heavy atom. The zero-order valence-corrected chi connectivity index (χ0v) is 10.1. The van der Waals surface area contributed by atoms with Crippen LogP contribution in [0, 0.1) is 5.41 Å². The number of primary amides is 1. The van der Waals surface area contributed by atoms with E-state index in [1.54, 1.807) is 0 Å². The molecule has 0 aromatic rings. The molecule has 0 radical (unpaired) electrons. The molecule has 0 atom stereocenters. The Morgan fingerprint density at radius 1 is 1.53 bits per heavy atom. The van der Waals surface area contributed by atoms with Gasteiger partial charge in [-0.3, -0.25) is 0 Å². The molecule has 0 fully saturated rings. The van der Waals surface area contributed by atoms with Gasteiger partial charge < -0.3 is 5.73 Å². The van der Waals surface area contributed by atoms with Gasteiger partial charge in [0, 0.05) is 11.1 Å². The second-order valence-electron chi connectivity index (χ2n) is 4.19. The number of rotatable bonds is 5. The molecule has 0 aliphatic rings. The fourth-order valence-corrected chi connectivity index (χ4v) is 1.11. The van der Waals surface area contributed by atoms with E-state index in [0.717, 1.165) is 24.1 Å². The first kappa shape index (κ1) is 13.7. The molecule has 4 nitrogen and oxygen atoms in total. The van der Waals surface area contributed by atoms with Gasteiger partial charge >= 0.3 is 6.03 Å². The zero-order valence-electron chi connectivity index (χ0n) is 10.1. The van der Waals surface area contributed by atoms with Crippen molar-refractivity contribution in [3.63, 3.8) is 0 Å². The number of amides is 2. The average Bonchev–Trinajstić information content (AvgIpc) is 2.11. The van der Waals surface area contributed by atoms with Gasteiger partial charge in [-0.1, -0.05) is 39.3 Å². The number of hydrogen-bond donors (Lipinski definition) is 2. The molecule has 0 heterocycles. The van der Waals surface area contributed by atoms with E-state index in [1.807, 2.05) is 20.8 Å². The highest BCUT2D eigenvalue weighted by molar-refractivity contribution is 5.92. The smallest absolute Gasteiger partial charge is 0.332 e. The second kappa shape index (κ2) is 5.53. The first-order valence-electron chi connectivity index (χ1n) is 5.10. The monoisotopic (exact) mass is 211 g/mol. The van der Waals surface area contributed by atoms with E-state index in [4.69, 9.17) is 5.73 Å². The lowest BCUT2D eigenvalue weighted by atomic mass is 9.79. The number of carbonyl (C=O) groups is 1. The summed E-state index contributed by atoms with van der Waals surface area (Å²) in [6.07, 6.45) is 1.79. The standard InChI is InChI=1S/C11H21N3O/c1-6-7-9(13-14-10(12)15)11(4,5)8(2)3/h2,6-7H2,1,3-5H3,(H3,12,14,15)/b13-9-. The quantitative estimate of drug-likeness (QED) is 0.409. The summed E-state index contributed by atoms with van der Waals surface area (Å²) in [4.78, 5) is 10.6. The van der Waals surface area contributed by atoms with Gasteiger partial charge in [0.15, 0.2) is 0 Å².